The maximum atomic E-state index is 10.8. The zero-order valence-electron chi connectivity index (χ0n) is 5.51. The quantitative estimate of drug-likeness (QED) is 0.594. The molecule has 4 nitrogen and oxygen atoms in total. The summed E-state index contributed by atoms with van der Waals surface area (Å²) in [5.74, 6) is 0. The molecule has 0 fully saturated rings. The molecule has 11 heavy (non-hydrogen) atoms. The van der Waals surface area contributed by atoms with E-state index in [-0.39, 0.29) is 4.90 Å². The predicted molar refractivity (Wildman–Crippen MR) is 38.7 cm³/mol. The second-order valence-electron chi connectivity index (χ2n) is 1.87. The Morgan fingerprint density at radius 2 is 1.73 bits per heavy atom. The van der Waals surface area contributed by atoms with E-state index >= 15 is 0 Å². The van der Waals surface area contributed by atoms with Crippen LogP contribution in [0.4, 0.5) is 0 Å². The van der Waals surface area contributed by atoms with Crippen molar-refractivity contribution >= 4 is 10.0 Å². The molecule has 0 aliphatic rings. The fraction of sp³-hybridized carbons (Fsp3) is 0. The highest BCUT2D eigenvalue weighted by atomic mass is 32.2. The lowest BCUT2D eigenvalue weighted by atomic mass is 10.4. The van der Waals surface area contributed by atoms with E-state index in [9.17, 15) is 8.42 Å². The van der Waals surface area contributed by atoms with E-state index in [0.29, 0.717) is 0 Å². The van der Waals surface area contributed by atoms with Gasteiger partial charge in [0.2, 0.25) is 5.39 Å². The van der Waals surface area contributed by atoms with Crippen LogP contribution in [0.15, 0.2) is 35.2 Å². The average molecular weight is 169 g/mol. The molecule has 0 saturated carbocycles. The van der Waals surface area contributed by atoms with Gasteiger partial charge in [-0.3, -0.25) is 0 Å². The number of hydrogen-bond donors (Lipinski definition) is 0. The molecule has 5 heteroatoms. The minimum atomic E-state index is -3.82. The molecule has 0 aromatic heterocycles. The molecule has 56 valence electrons. The molecule has 0 spiro atoms. The van der Waals surface area contributed by atoms with Crippen molar-refractivity contribution < 1.29 is 8.42 Å². The molecular weight excluding hydrogens is 164 g/mol. The number of diazo groups is 1. The molecule has 0 N–H and O–H groups in total. The predicted octanol–water partition coefficient (Wildman–Crippen LogP) is 1.23. The molecule has 0 atom stereocenters. The van der Waals surface area contributed by atoms with Crippen molar-refractivity contribution in [3.8, 4) is 0 Å². The van der Waals surface area contributed by atoms with Crippen LogP contribution < -0.4 is 0 Å². The monoisotopic (exact) mass is 169 g/mol. The van der Waals surface area contributed by atoms with Crippen LogP contribution in [0.5, 0.6) is 0 Å². The summed E-state index contributed by atoms with van der Waals surface area (Å²) in [5.41, 5.74) is 0. The van der Waals surface area contributed by atoms with Crippen molar-refractivity contribution in [2.24, 2.45) is 0 Å². The van der Waals surface area contributed by atoms with Crippen molar-refractivity contribution in [1.29, 1.82) is 5.39 Å². The van der Waals surface area contributed by atoms with Gasteiger partial charge >= 0.3 is 10.0 Å². The Labute approximate surface area is 64.2 Å². The SMILES string of the molecule is N#[N+]S(=O)(=O)c1ccccc1. The van der Waals surface area contributed by atoms with E-state index in [1.165, 1.54) is 12.1 Å². The summed E-state index contributed by atoms with van der Waals surface area (Å²) in [5, 5.41) is 8.08. The van der Waals surface area contributed by atoms with E-state index in [2.05, 4.69) is 4.38 Å². The maximum Gasteiger partial charge on any atom is 0.552 e. The van der Waals surface area contributed by atoms with Gasteiger partial charge in [-0.2, -0.15) is 0 Å². The molecule has 1 rings (SSSR count). The van der Waals surface area contributed by atoms with Gasteiger partial charge in [-0.1, -0.05) is 18.2 Å². The van der Waals surface area contributed by atoms with E-state index in [0.717, 1.165) is 0 Å². The minimum Gasteiger partial charge on any atom is -0.141 e. The van der Waals surface area contributed by atoms with Crippen LogP contribution in [0.3, 0.4) is 0 Å². The molecule has 0 unspecified atom stereocenters. The third-order valence-corrected chi connectivity index (χ3v) is 2.23. The number of rotatable bonds is 1. The number of benzene rings is 1. The van der Waals surface area contributed by atoms with E-state index in [1.54, 1.807) is 18.2 Å². The van der Waals surface area contributed by atoms with Crippen molar-refractivity contribution in [2.45, 2.75) is 4.90 Å². The topological polar surface area (TPSA) is 62.3 Å². The summed E-state index contributed by atoms with van der Waals surface area (Å²) in [6, 6.07) is 7.50. The maximum absolute atomic E-state index is 10.8. The Hall–Kier alpha value is -1.41. The third-order valence-electron chi connectivity index (χ3n) is 1.15. The van der Waals surface area contributed by atoms with Gasteiger partial charge in [0.1, 0.15) is 0 Å². The Morgan fingerprint density at radius 3 is 2.18 bits per heavy atom. The van der Waals surface area contributed by atoms with Gasteiger partial charge in [-0.05, 0) is 12.1 Å². The molecule has 0 amide bonds. The highest BCUT2D eigenvalue weighted by Gasteiger charge is 2.25. The van der Waals surface area contributed by atoms with E-state index < -0.39 is 10.0 Å². The minimum absolute atomic E-state index is 0.0116. The van der Waals surface area contributed by atoms with Crippen LogP contribution in [-0.2, 0) is 10.0 Å². The molecule has 1 aromatic rings. The highest BCUT2D eigenvalue weighted by molar-refractivity contribution is 7.93. The second kappa shape index (κ2) is 2.68. The largest absolute Gasteiger partial charge is 0.552 e. The smallest absolute Gasteiger partial charge is 0.141 e. The first-order chi connectivity index (χ1) is 5.17. The van der Waals surface area contributed by atoms with Gasteiger partial charge in [-0.15, -0.1) is 8.42 Å². The summed E-state index contributed by atoms with van der Waals surface area (Å²) in [6.07, 6.45) is 0. The summed E-state index contributed by atoms with van der Waals surface area (Å²) < 4.78 is 23.8. The Balaban J connectivity index is 3.28. The molecule has 0 saturated heterocycles. The van der Waals surface area contributed by atoms with Crippen LogP contribution in [-0.4, -0.2) is 8.42 Å². The zero-order valence-corrected chi connectivity index (χ0v) is 6.32. The normalized spacial score (nSPS) is 10.5. The van der Waals surface area contributed by atoms with Gasteiger partial charge in [0.25, 0.3) is 4.38 Å². The lowest BCUT2D eigenvalue weighted by molar-refractivity contribution is 0.603. The van der Waals surface area contributed by atoms with Crippen molar-refractivity contribution in [3.05, 3.63) is 34.7 Å². The van der Waals surface area contributed by atoms with Gasteiger partial charge in [0.05, 0.1) is 0 Å². The Morgan fingerprint density at radius 1 is 1.18 bits per heavy atom. The lowest BCUT2D eigenvalue weighted by Gasteiger charge is -1.82. The molecule has 0 heterocycles. The first-order valence-electron chi connectivity index (χ1n) is 2.83. The number of hydrogen-bond acceptors (Lipinski definition) is 3. The van der Waals surface area contributed by atoms with Crippen LogP contribution in [0.25, 0.3) is 4.38 Å². The van der Waals surface area contributed by atoms with Crippen LogP contribution >= 0.6 is 0 Å². The fourth-order valence-electron chi connectivity index (χ4n) is 0.640. The molecule has 1 aromatic carbocycles. The highest BCUT2D eigenvalue weighted by Crippen LogP contribution is 2.09. The molecule has 0 bridgehead atoms. The number of sulfonamides is 1. The molecule has 0 aliphatic carbocycles. The summed E-state index contributed by atoms with van der Waals surface area (Å²) in [7, 11) is -3.82. The molecular formula is C6H5N2O2S+. The van der Waals surface area contributed by atoms with Gasteiger partial charge in [-0.25, -0.2) is 0 Å². The summed E-state index contributed by atoms with van der Waals surface area (Å²) in [6.45, 7) is 0. The Kier molecular flexibility index (Phi) is 1.87. The first-order valence-corrected chi connectivity index (χ1v) is 4.27. The standard InChI is InChI=1S/C6H5N2O2S/c7-8-11(9,10)6-4-2-1-3-5-6/h1-5H/q+1. The fourth-order valence-corrected chi connectivity index (χ4v) is 1.23. The van der Waals surface area contributed by atoms with Gasteiger partial charge in [0.15, 0.2) is 4.90 Å². The first kappa shape index (κ1) is 7.69. The van der Waals surface area contributed by atoms with Gasteiger partial charge in [0, 0.05) is 0 Å². The second-order valence-corrected chi connectivity index (χ2v) is 3.45. The lowest BCUT2D eigenvalue weighted by Crippen LogP contribution is -1.91. The van der Waals surface area contributed by atoms with E-state index in [1.807, 2.05) is 0 Å². The third kappa shape index (κ3) is 1.53. The van der Waals surface area contributed by atoms with Crippen molar-refractivity contribution in [1.82, 2.24) is 0 Å². The number of nitrogens with zero attached hydrogens (tertiary/aromatic N) is 2. The summed E-state index contributed by atoms with van der Waals surface area (Å²) >= 11 is 0. The van der Waals surface area contributed by atoms with E-state index in [4.69, 9.17) is 5.39 Å². The summed E-state index contributed by atoms with van der Waals surface area (Å²) in [4.78, 5) is -0.0116. The average Bonchev–Trinajstić information content (AvgIpc) is 2.06. The Bertz CT molecular complexity index is 377. The van der Waals surface area contributed by atoms with Crippen molar-refractivity contribution in [2.75, 3.05) is 0 Å². The van der Waals surface area contributed by atoms with Crippen LogP contribution in [0.2, 0.25) is 0 Å². The van der Waals surface area contributed by atoms with Crippen molar-refractivity contribution in [3.63, 3.8) is 0 Å². The van der Waals surface area contributed by atoms with Crippen LogP contribution in [0, 0.1) is 5.39 Å². The molecule has 0 aliphatic heterocycles. The van der Waals surface area contributed by atoms with Crippen LogP contribution in [0.1, 0.15) is 0 Å². The van der Waals surface area contributed by atoms with Gasteiger partial charge < -0.3 is 0 Å². The zero-order chi connectivity index (χ0) is 8.32. The molecule has 0 radical (unpaired) electrons.